The molecule has 0 aliphatic rings. The van der Waals surface area contributed by atoms with Gasteiger partial charge in [0, 0.05) is 36.6 Å². The Balaban J connectivity index is 1.34. The molecule has 0 radical (unpaired) electrons. The fraction of sp³-hybridized carbons (Fsp3) is 0.176. The first kappa shape index (κ1) is 28.3. The zero-order valence-corrected chi connectivity index (χ0v) is 22.4. The first-order chi connectivity index (χ1) is 19.5. The molecule has 0 unspecified atom stereocenters. The maximum atomic E-state index is 12.6. The molecule has 0 saturated heterocycles. The lowest BCUT2D eigenvalue weighted by atomic mass is 10.0. The predicted molar refractivity (Wildman–Crippen MR) is 156 cm³/mol. The monoisotopic (exact) mass is 536 g/mol. The third-order valence-electron chi connectivity index (χ3n) is 6.28. The summed E-state index contributed by atoms with van der Waals surface area (Å²) in [5.41, 5.74) is 4.00. The van der Waals surface area contributed by atoms with Gasteiger partial charge in [0.15, 0.2) is 11.9 Å². The molecule has 0 aromatic heterocycles. The minimum Gasteiger partial charge on any atom is -0.493 e. The van der Waals surface area contributed by atoms with Gasteiger partial charge in [-0.25, -0.2) is 4.79 Å². The van der Waals surface area contributed by atoms with Gasteiger partial charge in [-0.3, -0.25) is 4.79 Å². The van der Waals surface area contributed by atoms with Crippen LogP contribution in [-0.4, -0.2) is 43.3 Å². The van der Waals surface area contributed by atoms with Crippen LogP contribution in [0.3, 0.4) is 0 Å². The number of carboxylic acid groups (broad SMARTS) is 1. The van der Waals surface area contributed by atoms with Crippen molar-refractivity contribution in [2.75, 3.05) is 20.3 Å². The van der Waals surface area contributed by atoms with Crippen LogP contribution in [0.1, 0.15) is 39.0 Å². The van der Waals surface area contributed by atoms with Crippen LogP contribution in [0, 0.1) is 0 Å². The minimum atomic E-state index is -0.998. The molecule has 0 heterocycles. The third kappa shape index (κ3) is 8.16. The largest absolute Gasteiger partial charge is 0.493 e. The standard InChI is InChI=1S/C34H32O6/c1-38-32(34(36)37)24-26-14-20-31(29(23-26)15-13-25-9-4-2-5-10-25)40-22-8-21-39-30-18-16-28(17-19-30)33(35)27-11-6-3-7-12-27/h2-7,9-20,23,32H,8,21-22,24H2,1H3,(H,36,37)/t32-/m0/s1. The van der Waals surface area contributed by atoms with Crippen LogP contribution in [0.4, 0.5) is 0 Å². The van der Waals surface area contributed by atoms with E-state index in [1.54, 1.807) is 36.4 Å². The number of ether oxygens (including phenoxy) is 3. The normalized spacial score (nSPS) is 11.7. The van der Waals surface area contributed by atoms with Crippen molar-refractivity contribution in [3.8, 4) is 11.5 Å². The Morgan fingerprint density at radius 2 is 1.43 bits per heavy atom. The number of rotatable bonds is 14. The molecule has 0 saturated carbocycles. The number of carbonyl (C=O) groups is 2. The van der Waals surface area contributed by atoms with Gasteiger partial charge in [-0.2, -0.15) is 0 Å². The Labute approximate surface area is 234 Å². The summed E-state index contributed by atoms with van der Waals surface area (Å²) in [6, 6.07) is 31.9. The van der Waals surface area contributed by atoms with Gasteiger partial charge in [-0.15, -0.1) is 0 Å². The summed E-state index contributed by atoms with van der Waals surface area (Å²) in [5.74, 6) is 0.363. The van der Waals surface area contributed by atoms with Gasteiger partial charge >= 0.3 is 5.97 Å². The van der Waals surface area contributed by atoms with E-state index >= 15 is 0 Å². The molecule has 1 atom stereocenters. The zero-order valence-electron chi connectivity index (χ0n) is 22.4. The molecule has 0 amide bonds. The molecule has 40 heavy (non-hydrogen) atoms. The van der Waals surface area contributed by atoms with Crippen LogP contribution in [0.5, 0.6) is 11.5 Å². The van der Waals surface area contributed by atoms with E-state index in [-0.39, 0.29) is 12.2 Å². The SMILES string of the molecule is CO[C@@H](Cc1ccc(OCCCOc2ccc(C(=O)c3ccccc3)cc2)c(C=Cc2ccccc2)c1)C(=O)O. The molecular weight excluding hydrogens is 504 g/mol. The molecule has 0 aliphatic heterocycles. The Bertz CT molecular complexity index is 1410. The van der Waals surface area contributed by atoms with Crippen molar-refractivity contribution in [1.82, 2.24) is 0 Å². The van der Waals surface area contributed by atoms with Gasteiger partial charge in [0.1, 0.15) is 11.5 Å². The van der Waals surface area contributed by atoms with Crippen LogP contribution in [-0.2, 0) is 16.0 Å². The van der Waals surface area contributed by atoms with Crippen molar-refractivity contribution in [3.05, 3.63) is 131 Å². The smallest absolute Gasteiger partial charge is 0.333 e. The fourth-order valence-electron chi connectivity index (χ4n) is 4.11. The summed E-state index contributed by atoms with van der Waals surface area (Å²) >= 11 is 0. The second kappa shape index (κ2) is 14.5. The average molecular weight is 537 g/mol. The summed E-state index contributed by atoms with van der Waals surface area (Å²) in [7, 11) is 1.40. The van der Waals surface area contributed by atoms with E-state index in [0.29, 0.717) is 42.3 Å². The van der Waals surface area contributed by atoms with Gasteiger partial charge in [-0.1, -0.05) is 78.9 Å². The van der Waals surface area contributed by atoms with E-state index < -0.39 is 12.1 Å². The second-order valence-electron chi connectivity index (χ2n) is 9.15. The molecule has 0 spiro atoms. The fourth-order valence-corrected chi connectivity index (χ4v) is 4.11. The first-order valence-electron chi connectivity index (χ1n) is 13.1. The summed E-state index contributed by atoms with van der Waals surface area (Å²) in [6.45, 7) is 0.888. The number of ketones is 1. The predicted octanol–water partition coefficient (Wildman–Crippen LogP) is 6.58. The van der Waals surface area contributed by atoms with Gasteiger partial charge in [-0.05, 0) is 47.5 Å². The molecule has 4 aromatic rings. The maximum absolute atomic E-state index is 12.6. The van der Waals surface area contributed by atoms with Crippen molar-refractivity contribution in [3.63, 3.8) is 0 Å². The molecule has 4 rings (SSSR count). The van der Waals surface area contributed by atoms with Gasteiger partial charge < -0.3 is 19.3 Å². The highest BCUT2D eigenvalue weighted by Gasteiger charge is 2.17. The van der Waals surface area contributed by atoms with Crippen molar-refractivity contribution in [2.24, 2.45) is 0 Å². The number of carboxylic acids is 1. The quantitative estimate of drug-likeness (QED) is 0.111. The lowest BCUT2D eigenvalue weighted by Crippen LogP contribution is -2.24. The minimum absolute atomic E-state index is 0.0237. The van der Waals surface area contributed by atoms with Gasteiger partial charge in [0.05, 0.1) is 13.2 Å². The molecule has 204 valence electrons. The van der Waals surface area contributed by atoms with E-state index in [1.165, 1.54) is 7.11 Å². The summed E-state index contributed by atoms with van der Waals surface area (Å²) in [4.78, 5) is 24.0. The second-order valence-corrected chi connectivity index (χ2v) is 9.15. The summed E-state index contributed by atoms with van der Waals surface area (Å²) < 4.78 is 17.0. The van der Waals surface area contributed by atoms with E-state index in [0.717, 1.165) is 16.7 Å². The Kier molecular flexibility index (Phi) is 10.2. The summed E-state index contributed by atoms with van der Waals surface area (Å²) in [6.07, 6.45) is 3.94. The van der Waals surface area contributed by atoms with E-state index in [2.05, 4.69) is 0 Å². The highest BCUT2D eigenvalue weighted by molar-refractivity contribution is 6.09. The average Bonchev–Trinajstić information content (AvgIpc) is 3.00. The Morgan fingerprint density at radius 1 is 0.775 bits per heavy atom. The van der Waals surface area contributed by atoms with Gasteiger partial charge in [0.25, 0.3) is 0 Å². The van der Waals surface area contributed by atoms with Crippen LogP contribution in [0.25, 0.3) is 12.2 Å². The van der Waals surface area contributed by atoms with E-state index in [9.17, 15) is 14.7 Å². The number of benzene rings is 4. The number of hydrogen-bond donors (Lipinski definition) is 1. The molecule has 1 N–H and O–H groups in total. The zero-order chi connectivity index (χ0) is 28.2. The first-order valence-corrected chi connectivity index (χ1v) is 13.1. The Hall–Kier alpha value is -4.68. The molecule has 0 bridgehead atoms. The van der Waals surface area contributed by atoms with Crippen molar-refractivity contribution in [1.29, 1.82) is 0 Å². The lowest BCUT2D eigenvalue weighted by molar-refractivity contribution is -0.148. The molecule has 6 heteroatoms. The lowest BCUT2D eigenvalue weighted by Gasteiger charge is -2.14. The van der Waals surface area contributed by atoms with Crippen molar-refractivity contribution >= 4 is 23.9 Å². The summed E-state index contributed by atoms with van der Waals surface area (Å²) in [5, 5.41) is 9.35. The van der Waals surface area contributed by atoms with Crippen LogP contribution < -0.4 is 9.47 Å². The number of hydrogen-bond acceptors (Lipinski definition) is 5. The topological polar surface area (TPSA) is 82.1 Å². The number of aliphatic carboxylic acids is 1. The number of methoxy groups -OCH3 is 1. The van der Waals surface area contributed by atoms with Crippen LogP contribution in [0.2, 0.25) is 0 Å². The Morgan fingerprint density at radius 3 is 2.10 bits per heavy atom. The van der Waals surface area contributed by atoms with Crippen LogP contribution in [0.15, 0.2) is 103 Å². The third-order valence-corrected chi connectivity index (χ3v) is 6.28. The van der Waals surface area contributed by atoms with Crippen molar-refractivity contribution < 1.29 is 28.9 Å². The van der Waals surface area contributed by atoms with Crippen LogP contribution >= 0.6 is 0 Å². The number of carbonyl (C=O) groups excluding carboxylic acids is 1. The van der Waals surface area contributed by atoms with E-state index in [4.69, 9.17) is 14.2 Å². The van der Waals surface area contributed by atoms with E-state index in [1.807, 2.05) is 78.9 Å². The molecule has 6 nitrogen and oxygen atoms in total. The van der Waals surface area contributed by atoms with Crippen molar-refractivity contribution in [2.45, 2.75) is 18.9 Å². The van der Waals surface area contributed by atoms with Gasteiger partial charge in [0.2, 0.25) is 0 Å². The molecular formula is C34H32O6. The maximum Gasteiger partial charge on any atom is 0.333 e. The highest BCUT2D eigenvalue weighted by atomic mass is 16.5. The molecule has 4 aromatic carbocycles. The molecule has 0 fully saturated rings. The highest BCUT2D eigenvalue weighted by Crippen LogP contribution is 2.24. The molecule has 0 aliphatic carbocycles.